The highest BCUT2D eigenvalue weighted by atomic mass is 16.5. The highest BCUT2D eigenvalue weighted by Crippen LogP contribution is 2.23. The van der Waals surface area contributed by atoms with Crippen molar-refractivity contribution in [3.63, 3.8) is 0 Å². The SMILES string of the molecule is OC(COc1cccc(CN2CCC(N3CCCC3)CC2)c1)CN1CCOCC1. The van der Waals surface area contributed by atoms with E-state index in [0.29, 0.717) is 13.2 Å². The van der Waals surface area contributed by atoms with Crippen LogP contribution in [0.3, 0.4) is 0 Å². The normalized spacial score (nSPS) is 24.0. The molecule has 3 saturated heterocycles. The lowest BCUT2D eigenvalue weighted by Crippen LogP contribution is -2.43. The number of β-amino-alcohol motifs (C(OH)–C–C–N with tert-alkyl or cyclic N) is 1. The van der Waals surface area contributed by atoms with Gasteiger partial charge < -0.3 is 19.5 Å². The number of rotatable bonds is 8. The number of likely N-dealkylation sites (tertiary alicyclic amines) is 2. The summed E-state index contributed by atoms with van der Waals surface area (Å²) in [6.07, 6.45) is 4.89. The van der Waals surface area contributed by atoms with Crippen LogP contribution in [-0.4, -0.2) is 97.6 Å². The molecule has 1 aromatic rings. The average Bonchev–Trinajstić information content (AvgIpc) is 3.29. The Morgan fingerprint density at radius 1 is 1.00 bits per heavy atom. The topological polar surface area (TPSA) is 48.4 Å². The Bertz CT molecular complexity index is 609. The van der Waals surface area contributed by atoms with E-state index >= 15 is 0 Å². The minimum atomic E-state index is -0.471. The number of morpholine rings is 1. The first-order valence-electron chi connectivity index (χ1n) is 11.4. The predicted molar refractivity (Wildman–Crippen MR) is 114 cm³/mol. The van der Waals surface area contributed by atoms with Gasteiger partial charge in [0, 0.05) is 32.2 Å². The summed E-state index contributed by atoms with van der Waals surface area (Å²) in [5, 5.41) is 10.3. The monoisotopic (exact) mass is 403 g/mol. The second kappa shape index (κ2) is 10.7. The molecule has 0 amide bonds. The van der Waals surface area contributed by atoms with Gasteiger partial charge in [-0.2, -0.15) is 0 Å². The zero-order valence-corrected chi connectivity index (χ0v) is 17.7. The van der Waals surface area contributed by atoms with E-state index in [1.54, 1.807) is 0 Å². The van der Waals surface area contributed by atoms with Crippen LogP contribution in [0.4, 0.5) is 0 Å². The van der Waals surface area contributed by atoms with Crippen LogP contribution in [0.5, 0.6) is 5.75 Å². The number of aliphatic hydroxyl groups excluding tert-OH is 1. The van der Waals surface area contributed by atoms with Gasteiger partial charge in [0.1, 0.15) is 18.5 Å². The van der Waals surface area contributed by atoms with Crippen LogP contribution in [0, 0.1) is 0 Å². The molecule has 6 nitrogen and oxygen atoms in total. The van der Waals surface area contributed by atoms with Crippen molar-refractivity contribution in [1.82, 2.24) is 14.7 Å². The quantitative estimate of drug-likeness (QED) is 0.715. The van der Waals surface area contributed by atoms with Crippen molar-refractivity contribution in [3.05, 3.63) is 29.8 Å². The lowest BCUT2D eigenvalue weighted by molar-refractivity contribution is 0.00464. The predicted octanol–water partition coefficient (Wildman–Crippen LogP) is 1.82. The minimum Gasteiger partial charge on any atom is -0.491 e. The second-order valence-corrected chi connectivity index (χ2v) is 8.78. The van der Waals surface area contributed by atoms with Crippen LogP contribution in [0.2, 0.25) is 0 Å². The lowest BCUT2D eigenvalue weighted by atomic mass is 10.0. The summed E-state index contributed by atoms with van der Waals surface area (Å²) in [5.74, 6) is 0.857. The third kappa shape index (κ3) is 6.40. The van der Waals surface area contributed by atoms with E-state index in [-0.39, 0.29) is 0 Å². The van der Waals surface area contributed by atoms with E-state index in [1.165, 1.54) is 57.4 Å². The van der Waals surface area contributed by atoms with Gasteiger partial charge >= 0.3 is 0 Å². The Morgan fingerprint density at radius 2 is 1.76 bits per heavy atom. The number of ether oxygens (including phenoxy) is 2. The van der Waals surface area contributed by atoms with Crippen molar-refractivity contribution < 1.29 is 14.6 Å². The summed E-state index contributed by atoms with van der Waals surface area (Å²) in [4.78, 5) is 7.51. The summed E-state index contributed by atoms with van der Waals surface area (Å²) in [6, 6.07) is 9.18. The van der Waals surface area contributed by atoms with Gasteiger partial charge in [0.2, 0.25) is 0 Å². The number of hydrogen-bond donors (Lipinski definition) is 1. The molecule has 1 unspecified atom stereocenters. The van der Waals surface area contributed by atoms with Gasteiger partial charge in [-0.05, 0) is 69.6 Å². The molecular formula is C23H37N3O3. The Morgan fingerprint density at radius 3 is 2.52 bits per heavy atom. The molecule has 0 spiro atoms. The Kier molecular flexibility index (Phi) is 7.80. The summed E-state index contributed by atoms with van der Waals surface area (Å²) >= 11 is 0. The fourth-order valence-corrected chi connectivity index (χ4v) is 4.87. The Hall–Kier alpha value is -1.18. The molecule has 0 saturated carbocycles. The average molecular weight is 404 g/mol. The van der Waals surface area contributed by atoms with Crippen LogP contribution in [0.1, 0.15) is 31.2 Å². The van der Waals surface area contributed by atoms with Crippen molar-refractivity contribution in [3.8, 4) is 5.75 Å². The number of benzene rings is 1. The van der Waals surface area contributed by atoms with Crippen molar-refractivity contribution >= 4 is 0 Å². The maximum absolute atomic E-state index is 10.3. The van der Waals surface area contributed by atoms with E-state index in [1.807, 2.05) is 6.07 Å². The summed E-state index contributed by atoms with van der Waals surface area (Å²) in [5.41, 5.74) is 1.30. The number of hydrogen-bond acceptors (Lipinski definition) is 6. The molecule has 0 bridgehead atoms. The van der Waals surface area contributed by atoms with Gasteiger partial charge in [0.25, 0.3) is 0 Å². The fraction of sp³-hybridized carbons (Fsp3) is 0.739. The van der Waals surface area contributed by atoms with Gasteiger partial charge in [0.05, 0.1) is 13.2 Å². The molecule has 162 valence electrons. The minimum absolute atomic E-state index is 0.335. The molecule has 6 heteroatoms. The Balaban J connectivity index is 1.19. The van der Waals surface area contributed by atoms with Crippen LogP contribution in [0.15, 0.2) is 24.3 Å². The zero-order chi connectivity index (χ0) is 19.9. The largest absolute Gasteiger partial charge is 0.491 e. The first-order chi connectivity index (χ1) is 14.3. The van der Waals surface area contributed by atoms with Crippen LogP contribution in [-0.2, 0) is 11.3 Å². The van der Waals surface area contributed by atoms with Gasteiger partial charge in [-0.15, -0.1) is 0 Å². The van der Waals surface area contributed by atoms with E-state index in [9.17, 15) is 5.11 Å². The Labute approximate surface area is 175 Å². The highest BCUT2D eigenvalue weighted by molar-refractivity contribution is 5.28. The first-order valence-corrected chi connectivity index (χ1v) is 11.4. The lowest BCUT2D eigenvalue weighted by Gasteiger charge is -2.36. The van der Waals surface area contributed by atoms with Gasteiger partial charge in [0.15, 0.2) is 0 Å². The van der Waals surface area contributed by atoms with Crippen molar-refractivity contribution in [1.29, 1.82) is 0 Å². The maximum Gasteiger partial charge on any atom is 0.119 e. The van der Waals surface area contributed by atoms with Crippen LogP contribution < -0.4 is 4.74 Å². The van der Waals surface area contributed by atoms with Crippen LogP contribution in [0.25, 0.3) is 0 Å². The summed E-state index contributed by atoms with van der Waals surface area (Å²) in [7, 11) is 0. The zero-order valence-electron chi connectivity index (χ0n) is 17.7. The molecule has 0 radical (unpaired) electrons. The molecule has 1 N–H and O–H groups in total. The smallest absolute Gasteiger partial charge is 0.119 e. The summed E-state index contributed by atoms with van der Waals surface area (Å²) in [6.45, 7) is 10.2. The molecule has 3 aliphatic rings. The molecule has 3 fully saturated rings. The molecule has 3 aliphatic heterocycles. The van der Waals surface area contributed by atoms with E-state index in [4.69, 9.17) is 9.47 Å². The number of aliphatic hydroxyl groups is 1. The third-order valence-corrected chi connectivity index (χ3v) is 6.53. The third-order valence-electron chi connectivity index (χ3n) is 6.53. The van der Waals surface area contributed by atoms with Gasteiger partial charge in [-0.3, -0.25) is 9.80 Å². The van der Waals surface area contributed by atoms with Crippen molar-refractivity contribution in [2.75, 3.05) is 65.6 Å². The number of nitrogens with zero attached hydrogens (tertiary/aromatic N) is 3. The molecule has 4 rings (SSSR count). The number of piperidine rings is 1. The standard InChI is InChI=1S/C23H37N3O3/c27-22(18-25-12-14-28-15-13-25)19-29-23-5-3-4-20(16-23)17-24-10-6-21(7-11-24)26-8-1-2-9-26/h3-5,16,21-22,27H,1-2,6-15,17-19H2. The molecule has 29 heavy (non-hydrogen) atoms. The highest BCUT2D eigenvalue weighted by Gasteiger charge is 2.26. The molecule has 0 aromatic heterocycles. The molecular weight excluding hydrogens is 366 g/mol. The molecule has 1 aromatic carbocycles. The molecule has 0 aliphatic carbocycles. The first kappa shape index (κ1) is 21.1. The van der Waals surface area contributed by atoms with E-state index < -0.39 is 6.10 Å². The molecule has 1 atom stereocenters. The maximum atomic E-state index is 10.3. The molecule has 3 heterocycles. The van der Waals surface area contributed by atoms with E-state index in [0.717, 1.165) is 44.6 Å². The second-order valence-electron chi connectivity index (χ2n) is 8.78. The van der Waals surface area contributed by atoms with Gasteiger partial charge in [-0.1, -0.05) is 12.1 Å². The van der Waals surface area contributed by atoms with E-state index in [2.05, 4.69) is 32.9 Å². The van der Waals surface area contributed by atoms with Crippen LogP contribution >= 0.6 is 0 Å². The van der Waals surface area contributed by atoms with Crippen molar-refractivity contribution in [2.45, 2.75) is 44.4 Å². The fourth-order valence-electron chi connectivity index (χ4n) is 4.87. The van der Waals surface area contributed by atoms with Crippen molar-refractivity contribution in [2.24, 2.45) is 0 Å². The summed E-state index contributed by atoms with van der Waals surface area (Å²) < 4.78 is 11.2. The van der Waals surface area contributed by atoms with Gasteiger partial charge in [-0.25, -0.2) is 0 Å².